The van der Waals surface area contributed by atoms with Crippen molar-refractivity contribution in [1.29, 1.82) is 0 Å². The lowest BCUT2D eigenvalue weighted by atomic mass is 10.1. The molecular formula is C15H22N2O. The summed E-state index contributed by atoms with van der Waals surface area (Å²) >= 11 is 0. The quantitative estimate of drug-likeness (QED) is 0.798. The van der Waals surface area contributed by atoms with E-state index in [4.69, 9.17) is 4.74 Å². The van der Waals surface area contributed by atoms with E-state index < -0.39 is 0 Å². The third-order valence-electron chi connectivity index (χ3n) is 3.27. The minimum atomic E-state index is 0.361. The number of anilines is 1. The van der Waals surface area contributed by atoms with Crippen molar-refractivity contribution in [2.45, 2.75) is 32.3 Å². The van der Waals surface area contributed by atoms with Crippen LogP contribution in [0.3, 0.4) is 0 Å². The average molecular weight is 246 g/mol. The molecular weight excluding hydrogens is 224 g/mol. The summed E-state index contributed by atoms with van der Waals surface area (Å²) in [6.07, 6.45) is 7.49. The summed E-state index contributed by atoms with van der Waals surface area (Å²) in [5.74, 6) is 1.05. The fraction of sp³-hybridized carbons (Fsp3) is 0.533. The lowest BCUT2D eigenvalue weighted by Crippen LogP contribution is -2.40. The van der Waals surface area contributed by atoms with Crippen LogP contribution >= 0.6 is 0 Å². The molecule has 1 unspecified atom stereocenters. The predicted molar refractivity (Wildman–Crippen MR) is 75.8 cm³/mol. The Morgan fingerprint density at radius 3 is 3.11 bits per heavy atom. The number of hydrogen-bond acceptors (Lipinski definition) is 3. The monoisotopic (exact) mass is 246 g/mol. The Balaban J connectivity index is 1.96. The number of piperidine rings is 1. The third-order valence-corrected chi connectivity index (χ3v) is 3.27. The van der Waals surface area contributed by atoms with Crippen molar-refractivity contribution in [3.63, 3.8) is 0 Å². The molecule has 98 valence electrons. The second-order valence-corrected chi connectivity index (χ2v) is 4.73. The van der Waals surface area contributed by atoms with Gasteiger partial charge >= 0.3 is 0 Å². The lowest BCUT2D eigenvalue weighted by Gasteiger charge is -2.33. The molecule has 3 nitrogen and oxygen atoms in total. The molecule has 0 N–H and O–H groups in total. The van der Waals surface area contributed by atoms with Gasteiger partial charge in [-0.15, -0.1) is 0 Å². The molecule has 3 heteroatoms. The molecule has 1 atom stereocenters. The van der Waals surface area contributed by atoms with Gasteiger partial charge in [-0.2, -0.15) is 0 Å². The molecule has 0 amide bonds. The Hall–Kier alpha value is -1.35. The second-order valence-electron chi connectivity index (χ2n) is 4.73. The van der Waals surface area contributed by atoms with Gasteiger partial charge in [-0.3, -0.25) is 0 Å². The molecule has 1 aliphatic rings. The van der Waals surface area contributed by atoms with Crippen molar-refractivity contribution < 1.29 is 4.74 Å². The van der Waals surface area contributed by atoms with E-state index in [1.807, 2.05) is 12.3 Å². The van der Waals surface area contributed by atoms with Crippen LogP contribution in [0.2, 0.25) is 0 Å². The maximum Gasteiger partial charge on any atom is 0.128 e. The van der Waals surface area contributed by atoms with Crippen LogP contribution in [-0.2, 0) is 4.74 Å². The maximum atomic E-state index is 5.84. The fourth-order valence-corrected chi connectivity index (χ4v) is 2.27. The van der Waals surface area contributed by atoms with Crippen LogP contribution in [0.5, 0.6) is 0 Å². The smallest absolute Gasteiger partial charge is 0.128 e. The predicted octanol–water partition coefficient (Wildman–Crippen LogP) is 3.12. The van der Waals surface area contributed by atoms with Crippen LogP contribution in [0.1, 0.15) is 31.7 Å². The summed E-state index contributed by atoms with van der Waals surface area (Å²) in [5.41, 5.74) is 1.06. The second kappa shape index (κ2) is 6.55. The summed E-state index contributed by atoms with van der Waals surface area (Å²) in [6.45, 7) is 8.79. The molecule has 0 radical (unpaired) electrons. The summed E-state index contributed by atoms with van der Waals surface area (Å²) in [4.78, 5) is 6.80. The van der Waals surface area contributed by atoms with Crippen molar-refractivity contribution in [3.05, 3.63) is 30.5 Å². The molecule has 0 saturated carbocycles. The molecule has 1 aliphatic heterocycles. The SMILES string of the molecule is C=Cc1ccc(N2CCCC(OCCC)C2)nc1. The minimum Gasteiger partial charge on any atom is -0.376 e. The first-order valence-corrected chi connectivity index (χ1v) is 6.78. The van der Waals surface area contributed by atoms with Crippen LogP contribution < -0.4 is 4.90 Å². The number of pyridine rings is 1. The van der Waals surface area contributed by atoms with Gasteiger partial charge in [0.1, 0.15) is 5.82 Å². The number of hydrogen-bond donors (Lipinski definition) is 0. The standard InChI is InChI=1S/C15H22N2O/c1-3-10-18-14-6-5-9-17(12-14)15-8-7-13(4-2)11-16-15/h4,7-8,11,14H,2-3,5-6,9-10,12H2,1H3. The van der Waals surface area contributed by atoms with E-state index in [0.717, 1.165) is 37.5 Å². The Morgan fingerprint density at radius 2 is 2.44 bits per heavy atom. The van der Waals surface area contributed by atoms with Gasteiger partial charge in [0, 0.05) is 25.9 Å². The van der Waals surface area contributed by atoms with Crippen LogP contribution in [0, 0.1) is 0 Å². The summed E-state index contributed by atoms with van der Waals surface area (Å²) < 4.78 is 5.84. The van der Waals surface area contributed by atoms with Gasteiger partial charge < -0.3 is 9.64 Å². The maximum absolute atomic E-state index is 5.84. The normalized spacial score (nSPS) is 19.8. The molecule has 0 bridgehead atoms. The summed E-state index contributed by atoms with van der Waals surface area (Å²) in [5, 5.41) is 0. The van der Waals surface area contributed by atoms with Crippen LogP contribution in [0.15, 0.2) is 24.9 Å². The Labute approximate surface area is 109 Å². The van der Waals surface area contributed by atoms with Gasteiger partial charge in [0.25, 0.3) is 0 Å². The number of rotatable bonds is 5. The summed E-state index contributed by atoms with van der Waals surface area (Å²) in [7, 11) is 0. The first-order valence-electron chi connectivity index (χ1n) is 6.78. The Bertz CT molecular complexity index is 375. The van der Waals surface area contributed by atoms with Gasteiger partial charge in [-0.05, 0) is 37.0 Å². The topological polar surface area (TPSA) is 25.4 Å². The van der Waals surface area contributed by atoms with E-state index in [1.165, 1.54) is 12.8 Å². The van der Waals surface area contributed by atoms with E-state index >= 15 is 0 Å². The van der Waals surface area contributed by atoms with Gasteiger partial charge in [0.2, 0.25) is 0 Å². The zero-order valence-corrected chi connectivity index (χ0v) is 11.1. The minimum absolute atomic E-state index is 0.361. The molecule has 1 aromatic rings. The molecule has 1 fully saturated rings. The van der Waals surface area contributed by atoms with Crippen LogP contribution in [0.4, 0.5) is 5.82 Å². The highest BCUT2D eigenvalue weighted by molar-refractivity contribution is 5.49. The van der Waals surface area contributed by atoms with E-state index in [-0.39, 0.29) is 0 Å². The lowest BCUT2D eigenvalue weighted by molar-refractivity contribution is 0.0439. The van der Waals surface area contributed by atoms with Gasteiger partial charge in [-0.1, -0.05) is 19.6 Å². The van der Waals surface area contributed by atoms with E-state index in [9.17, 15) is 0 Å². The van der Waals surface area contributed by atoms with Gasteiger partial charge in [0.05, 0.1) is 6.10 Å². The highest BCUT2D eigenvalue weighted by atomic mass is 16.5. The van der Waals surface area contributed by atoms with E-state index in [0.29, 0.717) is 6.10 Å². The Kier molecular flexibility index (Phi) is 4.76. The van der Waals surface area contributed by atoms with Crippen molar-refractivity contribution in [2.75, 3.05) is 24.6 Å². The highest BCUT2D eigenvalue weighted by Crippen LogP contribution is 2.20. The summed E-state index contributed by atoms with van der Waals surface area (Å²) in [6, 6.07) is 4.13. The molecule has 0 spiro atoms. The molecule has 1 aromatic heterocycles. The van der Waals surface area contributed by atoms with Crippen molar-refractivity contribution >= 4 is 11.9 Å². The molecule has 0 aromatic carbocycles. The number of nitrogens with zero attached hydrogens (tertiary/aromatic N) is 2. The zero-order valence-electron chi connectivity index (χ0n) is 11.1. The molecule has 2 heterocycles. The van der Waals surface area contributed by atoms with Gasteiger partial charge in [-0.25, -0.2) is 4.98 Å². The highest BCUT2D eigenvalue weighted by Gasteiger charge is 2.20. The number of ether oxygens (including phenoxy) is 1. The molecule has 0 aliphatic carbocycles. The average Bonchev–Trinajstić information content (AvgIpc) is 2.45. The first-order chi connectivity index (χ1) is 8.83. The van der Waals surface area contributed by atoms with Crippen LogP contribution in [0.25, 0.3) is 6.08 Å². The van der Waals surface area contributed by atoms with Crippen LogP contribution in [-0.4, -0.2) is 30.8 Å². The first kappa shape index (κ1) is 13.1. The molecule has 18 heavy (non-hydrogen) atoms. The molecule has 2 rings (SSSR count). The van der Waals surface area contributed by atoms with E-state index in [2.05, 4.69) is 35.5 Å². The van der Waals surface area contributed by atoms with Crippen molar-refractivity contribution in [3.8, 4) is 0 Å². The van der Waals surface area contributed by atoms with Gasteiger partial charge in [0.15, 0.2) is 0 Å². The fourth-order valence-electron chi connectivity index (χ4n) is 2.27. The molecule has 1 saturated heterocycles. The van der Waals surface area contributed by atoms with Crippen molar-refractivity contribution in [2.24, 2.45) is 0 Å². The zero-order chi connectivity index (χ0) is 12.8. The largest absolute Gasteiger partial charge is 0.376 e. The third kappa shape index (κ3) is 3.33. The number of aromatic nitrogens is 1. The van der Waals surface area contributed by atoms with Crippen molar-refractivity contribution in [1.82, 2.24) is 4.98 Å². The van der Waals surface area contributed by atoms with E-state index in [1.54, 1.807) is 0 Å². The Morgan fingerprint density at radius 1 is 1.56 bits per heavy atom.